The molecule has 1 unspecified atom stereocenters. The first kappa shape index (κ1) is 12.1. The average Bonchev–Trinajstić information content (AvgIpc) is 2.13. The summed E-state index contributed by atoms with van der Waals surface area (Å²) in [7, 11) is 0. The monoisotopic (exact) mass is 189 g/mol. The molecule has 13 heavy (non-hydrogen) atoms. The Balaban J connectivity index is 3.73. The Hall–Kier alpha value is -0.940. The van der Waals surface area contributed by atoms with Crippen LogP contribution in [0.5, 0.6) is 0 Å². The van der Waals surface area contributed by atoms with Crippen LogP contribution in [0.4, 0.5) is 0 Å². The molecule has 0 aliphatic heterocycles. The highest BCUT2D eigenvalue weighted by atomic mass is 16.6. The summed E-state index contributed by atoms with van der Waals surface area (Å²) in [6.07, 6.45) is 1.26. The largest absolute Gasteiger partial charge is 0.464 e. The Morgan fingerprint density at radius 2 is 2.23 bits per heavy atom. The number of aldehydes is 1. The molecule has 0 bridgehead atoms. The number of esters is 1. The maximum Gasteiger partial charge on any atom is 0.332 e. The zero-order valence-electron chi connectivity index (χ0n) is 7.91. The van der Waals surface area contributed by atoms with Gasteiger partial charge in [0.1, 0.15) is 0 Å². The molecule has 0 spiro atoms. The Morgan fingerprint density at radius 3 is 2.69 bits per heavy atom. The Labute approximate surface area is 77.3 Å². The molecule has 0 aliphatic rings. The van der Waals surface area contributed by atoms with Crippen LogP contribution in [0.25, 0.3) is 0 Å². The summed E-state index contributed by atoms with van der Waals surface area (Å²) in [5.74, 6) is -0.617. The summed E-state index contributed by atoms with van der Waals surface area (Å²) in [6.45, 7) is 4.29. The second-order valence-electron chi connectivity index (χ2n) is 2.33. The van der Waals surface area contributed by atoms with Gasteiger partial charge >= 0.3 is 5.97 Å². The van der Waals surface area contributed by atoms with E-state index in [1.807, 2.05) is 6.92 Å². The van der Waals surface area contributed by atoms with Gasteiger partial charge in [-0.3, -0.25) is 0 Å². The van der Waals surface area contributed by atoms with Gasteiger partial charge in [-0.25, -0.2) is 4.79 Å². The highest BCUT2D eigenvalue weighted by Gasteiger charge is 2.18. The van der Waals surface area contributed by atoms with Crippen molar-refractivity contribution >= 4 is 12.3 Å². The van der Waals surface area contributed by atoms with Gasteiger partial charge in [-0.1, -0.05) is 6.92 Å². The number of hydroxylamine groups is 1. The highest BCUT2D eigenvalue weighted by Crippen LogP contribution is 1.86. The third kappa shape index (κ3) is 5.32. The van der Waals surface area contributed by atoms with E-state index in [-0.39, 0.29) is 6.61 Å². The predicted molar refractivity (Wildman–Crippen MR) is 45.9 cm³/mol. The van der Waals surface area contributed by atoms with E-state index in [1.165, 1.54) is 0 Å². The van der Waals surface area contributed by atoms with Crippen molar-refractivity contribution in [3.8, 4) is 0 Å². The minimum Gasteiger partial charge on any atom is -0.464 e. The minimum absolute atomic E-state index is 0.249. The van der Waals surface area contributed by atoms with Gasteiger partial charge in [-0.2, -0.15) is 5.48 Å². The number of rotatable bonds is 7. The molecule has 0 aromatic rings. The lowest BCUT2D eigenvalue weighted by Crippen LogP contribution is -2.39. The molecule has 0 amide bonds. The number of hydrogen-bond donors (Lipinski definition) is 1. The topological polar surface area (TPSA) is 64.6 Å². The van der Waals surface area contributed by atoms with Crippen molar-refractivity contribution in [2.45, 2.75) is 26.3 Å². The van der Waals surface area contributed by atoms with E-state index in [4.69, 9.17) is 4.84 Å². The van der Waals surface area contributed by atoms with Crippen LogP contribution in [0.1, 0.15) is 20.3 Å². The van der Waals surface area contributed by atoms with E-state index < -0.39 is 12.0 Å². The fourth-order valence-corrected chi connectivity index (χ4v) is 0.614. The van der Waals surface area contributed by atoms with Crippen molar-refractivity contribution in [2.24, 2.45) is 0 Å². The quantitative estimate of drug-likeness (QED) is 0.201. The molecule has 76 valence electrons. The third-order valence-electron chi connectivity index (χ3n) is 1.19. The molecule has 1 atom stereocenters. The van der Waals surface area contributed by atoms with Crippen LogP contribution in [0, 0.1) is 0 Å². The summed E-state index contributed by atoms with van der Waals surface area (Å²) in [5.41, 5.74) is 2.31. The van der Waals surface area contributed by atoms with Crippen LogP contribution in [-0.2, 0) is 19.2 Å². The first-order valence-corrected chi connectivity index (χ1v) is 4.25. The summed E-state index contributed by atoms with van der Waals surface area (Å²) in [4.78, 5) is 26.2. The third-order valence-corrected chi connectivity index (χ3v) is 1.19. The predicted octanol–water partition coefficient (Wildman–Crippen LogP) is 0.0482. The zero-order valence-corrected chi connectivity index (χ0v) is 7.91. The van der Waals surface area contributed by atoms with Crippen molar-refractivity contribution in [3.63, 3.8) is 0 Å². The van der Waals surface area contributed by atoms with Crippen molar-refractivity contribution in [1.29, 1.82) is 0 Å². The van der Waals surface area contributed by atoms with E-state index in [2.05, 4.69) is 10.2 Å². The van der Waals surface area contributed by atoms with Crippen molar-refractivity contribution in [3.05, 3.63) is 0 Å². The molecule has 0 aromatic heterocycles. The van der Waals surface area contributed by atoms with Crippen molar-refractivity contribution in [2.75, 3.05) is 13.2 Å². The van der Waals surface area contributed by atoms with E-state index in [0.29, 0.717) is 12.9 Å². The van der Waals surface area contributed by atoms with Gasteiger partial charge in [0, 0.05) is 0 Å². The molecule has 0 rings (SSSR count). The first-order chi connectivity index (χ1) is 6.26. The van der Waals surface area contributed by atoms with Gasteiger partial charge in [0.25, 0.3) is 0 Å². The number of carbonyl (C=O) groups is 2. The molecule has 0 saturated carbocycles. The number of carbonyl (C=O) groups excluding carboxylic acids is 2. The lowest BCUT2D eigenvalue weighted by atomic mass is 10.3. The van der Waals surface area contributed by atoms with Crippen LogP contribution in [0.3, 0.4) is 0 Å². The van der Waals surface area contributed by atoms with Gasteiger partial charge in [0.2, 0.25) is 0 Å². The fraction of sp³-hybridized carbons (Fsp3) is 0.750. The van der Waals surface area contributed by atoms with Crippen molar-refractivity contribution in [1.82, 2.24) is 5.48 Å². The maximum atomic E-state index is 11.0. The van der Waals surface area contributed by atoms with E-state index in [0.717, 1.165) is 6.42 Å². The van der Waals surface area contributed by atoms with Crippen LogP contribution in [0.2, 0.25) is 0 Å². The maximum absolute atomic E-state index is 11.0. The van der Waals surface area contributed by atoms with Crippen LogP contribution in [-0.4, -0.2) is 31.5 Å². The van der Waals surface area contributed by atoms with E-state index in [1.54, 1.807) is 6.92 Å². The number of nitrogens with one attached hydrogen (secondary N) is 1. The molecule has 1 N–H and O–H groups in total. The molecule has 0 heterocycles. The standard InChI is InChI=1S/C8H15NO4/c1-3-5-13-9-7(6-10)8(11)12-4-2/h6-7,9H,3-5H2,1-2H3. The molecule has 0 radical (unpaired) electrons. The molecular formula is C8H15NO4. The smallest absolute Gasteiger partial charge is 0.332 e. The zero-order chi connectivity index (χ0) is 10.1. The van der Waals surface area contributed by atoms with Crippen LogP contribution < -0.4 is 5.48 Å². The van der Waals surface area contributed by atoms with Gasteiger partial charge in [-0.15, -0.1) is 0 Å². The van der Waals surface area contributed by atoms with Gasteiger partial charge < -0.3 is 14.4 Å². The average molecular weight is 189 g/mol. The molecule has 5 nitrogen and oxygen atoms in total. The molecule has 5 heteroatoms. The molecular weight excluding hydrogens is 174 g/mol. The second kappa shape index (κ2) is 7.70. The Morgan fingerprint density at radius 1 is 1.54 bits per heavy atom. The lowest BCUT2D eigenvalue weighted by Gasteiger charge is -2.10. The Kier molecular flexibility index (Phi) is 7.14. The summed E-state index contributed by atoms with van der Waals surface area (Å²) >= 11 is 0. The van der Waals surface area contributed by atoms with Gasteiger partial charge in [-0.05, 0) is 13.3 Å². The normalized spacial score (nSPS) is 12.2. The second-order valence-corrected chi connectivity index (χ2v) is 2.33. The van der Waals surface area contributed by atoms with Gasteiger partial charge in [0.05, 0.1) is 13.2 Å². The SMILES string of the molecule is CCCONC(C=O)C(=O)OCC. The molecule has 0 aromatic carbocycles. The summed E-state index contributed by atoms with van der Waals surface area (Å²) in [5, 5.41) is 0. The fourth-order valence-electron chi connectivity index (χ4n) is 0.614. The molecule has 0 saturated heterocycles. The molecule has 0 aliphatic carbocycles. The molecule has 0 fully saturated rings. The Bertz CT molecular complexity index is 160. The van der Waals surface area contributed by atoms with E-state index in [9.17, 15) is 9.59 Å². The van der Waals surface area contributed by atoms with Crippen LogP contribution >= 0.6 is 0 Å². The van der Waals surface area contributed by atoms with Crippen LogP contribution in [0.15, 0.2) is 0 Å². The number of ether oxygens (including phenoxy) is 1. The first-order valence-electron chi connectivity index (χ1n) is 4.25. The van der Waals surface area contributed by atoms with Crippen molar-refractivity contribution < 1.29 is 19.2 Å². The van der Waals surface area contributed by atoms with Gasteiger partial charge in [0.15, 0.2) is 12.3 Å². The lowest BCUT2D eigenvalue weighted by molar-refractivity contribution is -0.151. The van der Waals surface area contributed by atoms with E-state index >= 15 is 0 Å². The highest BCUT2D eigenvalue weighted by molar-refractivity contribution is 5.91. The number of hydrogen-bond acceptors (Lipinski definition) is 5. The summed E-state index contributed by atoms with van der Waals surface area (Å²) in [6, 6.07) is -1.02. The minimum atomic E-state index is -1.02. The summed E-state index contributed by atoms with van der Waals surface area (Å²) < 4.78 is 4.61.